The van der Waals surface area contributed by atoms with E-state index in [4.69, 9.17) is 18.3 Å². The number of alkyl carbamates (subject to hydrolysis) is 1. The van der Waals surface area contributed by atoms with E-state index in [2.05, 4.69) is 75.3 Å². The lowest BCUT2D eigenvalue weighted by Crippen LogP contribution is -2.70. The third-order valence-electron chi connectivity index (χ3n) is 9.51. The van der Waals surface area contributed by atoms with Gasteiger partial charge in [-0.2, -0.15) is 0 Å². The van der Waals surface area contributed by atoms with Gasteiger partial charge in [-0.1, -0.05) is 142 Å². The molecule has 0 radical (unpaired) electrons. The molecule has 3 atom stereocenters. The van der Waals surface area contributed by atoms with Gasteiger partial charge in [-0.3, -0.25) is 5.32 Å². The van der Waals surface area contributed by atoms with E-state index < -0.39 is 46.4 Å². The lowest BCUT2D eigenvalue weighted by molar-refractivity contribution is -0.158. The molecule has 1 fully saturated rings. The standard InChI is InChI=1S/C42H54N2O6Si2/c1-41(2,3)52(35-24-15-9-16-25-35,36-26-17-10-18-27-36)49-32-37(44-40(46)48-31-34-22-13-8-14-23-34)38(50-51(4,5)6)42(28-19-29-43-42)39(45)47-30-33-20-11-7-12-21-33/h7-18,20-27,37-38,43H,19,28-32H2,1-6H3,(H,44,46)/t37-,38+,42-/m1/s1. The number of amides is 1. The summed E-state index contributed by atoms with van der Waals surface area (Å²) in [6.45, 7) is 13.8. The van der Waals surface area contributed by atoms with E-state index in [9.17, 15) is 9.59 Å². The van der Waals surface area contributed by atoms with Gasteiger partial charge in [0.15, 0.2) is 8.32 Å². The zero-order chi connectivity index (χ0) is 37.2. The number of carbonyl (C=O) groups is 2. The molecular formula is C42H54N2O6Si2. The van der Waals surface area contributed by atoms with Gasteiger partial charge in [0.25, 0.3) is 8.32 Å². The molecule has 0 bridgehead atoms. The Morgan fingerprint density at radius 3 is 1.67 bits per heavy atom. The highest BCUT2D eigenvalue weighted by Crippen LogP contribution is 2.38. The van der Waals surface area contributed by atoms with Gasteiger partial charge in [0.2, 0.25) is 0 Å². The van der Waals surface area contributed by atoms with Gasteiger partial charge >= 0.3 is 12.1 Å². The minimum absolute atomic E-state index is 0.0677. The highest BCUT2D eigenvalue weighted by atomic mass is 28.4. The van der Waals surface area contributed by atoms with Crippen LogP contribution < -0.4 is 21.0 Å². The molecule has 1 saturated heterocycles. The number of benzene rings is 4. The van der Waals surface area contributed by atoms with Gasteiger partial charge in [0, 0.05) is 0 Å². The first-order valence-electron chi connectivity index (χ1n) is 18.2. The van der Waals surface area contributed by atoms with Crippen molar-refractivity contribution in [1.29, 1.82) is 0 Å². The van der Waals surface area contributed by atoms with E-state index in [0.717, 1.165) is 27.9 Å². The van der Waals surface area contributed by atoms with Crippen LogP contribution in [0.5, 0.6) is 0 Å². The fourth-order valence-corrected chi connectivity index (χ4v) is 12.9. The van der Waals surface area contributed by atoms with Crippen LogP contribution >= 0.6 is 0 Å². The van der Waals surface area contributed by atoms with Crippen molar-refractivity contribution in [1.82, 2.24) is 10.6 Å². The van der Waals surface area contributed by atoms with Gasteiger partial charge in [0.05, 0.1) is 18.8 Å². The van der Waals surface area contributed by atoms with E-state index in [0.29, 0.717) is 13.0 Å². The molecule has 0 spiro atoms. The molecule has 0 aromatic heterocycles. The second-order valence-corrected chi connectivity index (χ2v) is 24.3. The number of hydrogen-bond donors (Lipinski definition) is 2. The van der Waals surface area contributed by atoms with Crippen molar-refractivity contribution in [3.8, 4) is 0 Å². The molecule has 8 nitrogen and oxygen atoms in total. The Hall–Kier alpha value is -4.07. The summed E-state index contributed by atoms with van der Waals surface area (Å²) in [5, 5.41) is 8.57. The highest BCUT2D eigenvalue weighted by Gasteiger charge is 2.56. The first kappa shape index (κ1) is 39.1. The van der Waals surface area contributed by atoms with E-state index in [1.165, 1.54) is 0 Å². The average molecular weight is 739 g/mol. The average Bonchev–Trinajstić information content (AvgIpc) is 3.64. The zero-order valence-corrected chi connectivity index (χ0v) is 33.4. The molecule has 10 heteroatoms. The molecule has 0 unspecified atom stereocenters. The summed E-state index contributed by atoms with van der Waals surface area (Å²) in [7, 11) is -5.44. The molecule has 52 heavy (non-hydrogen) atoms. The first-order valence-corrected chi connectivity index (χ1v) is 23.5. The summed E-state index contributed by atoms with van der Waals surface area (Å²) in [5.74, 6) is -0.410. The summed E-state index contributed by atoms with van der Waals surface area (Å²) < 4.78 is 26.3. The molecule has 1 heterocycles. The maximum absolute atomic E-state index is 14.4. The Morgan fingerprint density at radius 1 is 0.750 bits per heavy atom. The lowest BCUT2D eigenvalue weighted by atomic mass is 9.86. The van der Waals surface area contributed by atoms with Crippen molar-refractivity contribution in [2.75, 3.05) is 13.2 Å². The van der Waals surface area contributed by atoms with Gasteiger partial charge in [-0.05, 0) is 65.6 Å². The molecule has 0 aliphatic carbocycles. The molecule has 1 amide bonds. The number of carbonyl (C=O) groups excluding carboxylic acids is 2. The summed E-state index contributed by atoms with van der Waals surface area (Å²) in [6.07, 6.45) is -0.221. The van der Waals surface area contributed by atoms with Crippen LogP contribution in [0.4, 0.5) is 4.79 Å². The van der Waals surface area contributed by atoms with Crippen LogP contribution in [0.2, 0.25) is 24.7 Å². The fourth-order valence-electron chi connectivity index (χ4n) is 7.16. The predicted molar refractivity (Wildman–Crippen MR) is 212 cm³/mol. The Balaban J connectivity index is 1.57. The second-order valence-electron chi connectivity index (χ2n) is 15.5. The lowest BCUT2D eigenvalue weighted by Gasteiger charge is -2.46. The van der Waals surface area contributed by atoms with E-state index in [-0.39, 0.29) is 24.9 Å². The van der Waals surface area contributed by atoms with Gasteiger partial charge in [-0.25, -0.2) is 9.59 Å². The molecular weight excluding hydrogens is 685 g/mol. The van der Waals surface area contributed by atoms with Gasteiger partial charge < -0.3 is 23.6 Å². The summed E-state index contributed by atoms with van der Waals surface area (Å²) in [5.41, 5.74) is 0.522. The monoisotopic (exact) mass is 738 g/mol. The SMILES string of the molecule is CC(C)(C)[Si](OC[C@@H](NC(=O)OCc1ccccc1)[C@H](O[Si](C)(C)C)[C@@]1(C(=O)OCc2ccccc2)CCCN1)(c1ccccc1)c1ccccc1. The molecule has 4 aromatic carbocycles. The van der Waals surface area contributed by atoms with Crippen molar-refractivity contribution < 1.29 is 27.9 Å². The number of ether oxygens (including phenoxy) is 2. The van der Waals surface area contributed by atoms with Crippen molar-refractivity contribution >= 4 is 39.1 Å². The number of hydrogen-bond acceptors (Lipinski definition) is 7. The predicted octanol–water partition coefficient (Wildman–Crippen LogP) is 6.94. The smallest absolute Gasteiger partial charge is 0.407 e. The third-order valence-corrected chi connectivity index (χ3v) is 15.5. The van der Waals surface area contributed by atoms with Gasteiger partial charge in [-0.15, -0.1) is 0 Å². The fraction of sp³-hybridized carbons (Fsp3) is 0.381. The molecule has 1 aliphatic rings. The van der Waals surface area contributed by atoms with Crippen LogP contribution in [0.25, 0.3) is 0 Å². The van der Waals surface area contributed by atoms with E-state index in [1.54, 1.807) is 0 Å². The number of esters is 1. The molecule has 5 rings (SSSR count). The summed E-state index contributed by atoms with van der Waals surface area (Å²) >= 11 is 0. The molecule has 0 saturated carbocycles. The highest BCUT2D eigenvalue weighted by molar-refractivity contribution is 6.99. The van der Waals surface area contributed by atoms with Crippen LogP contribution in [0, 0.1) is 0 Å². The molecule has 4 aromatic rings. The van der Waals surface area contributed by atoms with Crippen molar-refractivity contribution in [3.63, 3.8) is 0 Å². The zero-order valence-electron chi connectivity index (χ0n) is 31.4. The van der Waals surface area contributed by atoms with Crippen molar-refractivity contribution in [2.24, 2.45) is 0 Å². The van der Waals surface area contributed by atoms with Crippen molar-refractivity contribution in [2.45, 2.75) is 89.2 Å². The Labute approximate surface area is 311 Å². The van der Waals surface area contributed by atoms with E-state index in [1.807, 2.05) is 97.1 Å². The Bertz CT molecular complexity index is 1670. The Morgan fingerprint density at radius 2 is 1.23 bits per heavy atom. The third kappa shape index (κ3) is 9.48. The largest absolute Gasteiger partial charge is 0.459 e. The quantitative estimate of drug-likeness (QED) is 0.101. The van der Waals surface area contributed by atoms with Gasteiger partial charge in [0.1, 0.15) is 18.8 Å². The summed E-state index contributed by atoms with van der Waals surface area (Å²) in [6, 6.07) is 39.2. The maximum Gasteiger partial charge on any atom is 0.407 e. The molecule has 2 N–H and O–H groups in total. The van der Waals surface area contributed by atoms with Crippen LogP contribution in [-0.4, -0.2) is 59.5 Å². The van der Waals surface area contributed by atoms with Crippen LogP contribution in [0.3, 0.4) is 0 Å². The minimum atomic E-state index is -3.06. The topological polar surface area (TPSA) is 95.1 Å². The summed E-state index contributed by atoms with van der Waals surface area (Å²) in [4.78, 5) is 28.2. The Kier molecular flexibility index (Phi) is 12.9. The number of nitrogens with one attached hydrogen (secondary N) is 2. The number of rotatable bonds is 15. The first-order chi connectivity index (χ1) is 24.8. The molecule has 276 valence electrons. The molecule has 1 aliphatic heterocycles. The van der Waals surface area contributed by atoms with Crippen LogP contribution in [0.1, 0.15) is 44.7 Å². The van der Waals surface area contributed by atoms with Crippen LogP contribution in [-0.2, 0) is 36.3 Å². The van der Waals surface area contributed by atoms with E-state index >= 15 is 0 Å². The second kappa shape index (κ2) is 17.2. The minimum Gasteiger partial charge on any atom is -0.459 e. The maximum atomic E-state index is 14.4. The van der Waals surface area contributed by atoms with Crippen LogP contribution in [0.15, 0.2) is 121 Å². The normalized spacial score (nSPS) is 17.6. The van der Waals surface area contributed by atoms with Crippen molar-refractivity contribution in [3.05, 3.63) is 132 Å².